The summed E-state index contributed by atoms with van der Waals surface area (Å²) in [7, 11) is 1.93. The van der Waals surface area contributed by atoms with E-state index < -0.39 is 5.97 Å². The lowest BCUT2D eigenvalue weighted by Crippen LogP contribution is -2.37. The van der Waals surface area contributed by atoms with Crippen molar-refractivity contribution < 1.29 is 19.4 Å². The molecule has 2 aromatic heterocycles. The van der Waals surface area contributed by atoms with Gasteiger partial charge in [0.15, 0.2) is 0 Å². The monoisotopic (exact) mass is 686 g/mol. The largest absolute Gasteiger partial charge is 0.494 e. The molecular weight excluding hydrogens is 647 g/mol. The number of hydrogen-bond donors (Lipinski definition) is 1. The van der Waals surface area contributed by atoms with E-state index in [1.807, 2.05) is 68.6 Å². The van der Waals surface area contributed by atoms with E-state index in [1.165, 1.54) is 0 Å². The maximum Gasteiger partial charge on any atom is 0.335 e. The van der Waals surface area contributed by atoms with Crippen LogP contribution >= 0.6 is 23.2 Å². The quantitative estimate of drug-likeness (QED) is 0.157. The van der Waals surface area contributed by atoms with Gasteiger partial charge in [-0.3, -0.25) is 9.48 Å². The summed E-state index contributed by atoms with van der Waals surface area (Å²) in [6.45, 7) is 11.5. The summed E-state index contributed by atoms with van der Waals surface area (Å²) in [4.78, 5) is 28.1. The molecular formula is C38H40Cl2N4O4. The highest BCUT2D eigenvalue weighted by Gasteiger charge is 2.34. The number of fused-ring (bicyclic) bond motifs is 3. The number of aromatic carboxylic acids is 1. The number of ether oxygens (including phenoxy) is 1. The van der Waals surface area contributed by atoms with Crippen LogP contribution in [-0.2, 0) is 26.6 Å². The first kappa shape index (κ1) is 33.6. The summed E-state index contributed by atoms with van der Waals surface area (Å²) >= 11 is 13.4. The number of aryl methyl sites for hydroxylation is 6. The normalized spacial score (nSPS) is 14.8. The number of amides is 1. The Labute approximate surface area is 290 Å². The highest BCUT2D eigenvalue weighted by Crippen LogP contribution is 2.43. The summed E-state index contributed by atoms with van der Waals surface area (Å²) < 4.78 is 10.2. The highest BCUT2D eigenvalue weighted by molar-refractivity contribution is 6.35. The fourth-order valence-corrected chi connectivity index (χ4v) is 7.36. The number of rotatable bonds is 9. The summed E-state index contributed by atoms with van der Waals surface area (Å²) in [6, 6.07) is 14.6. The summed E-state index contributed by atoms with van der Waals surface area (Å²) in [6.07, 6.45) is 2.05. The zero-order valence-corrected chi connectivity index (χ0v) is 29.7. The van der Waals surface area contributed by atoms with E-state index >= 15 is 0 Å². The molecule has 0 radical (unpaired) electrons. The molecule has 1 amide bonds. The molecule has 0 saturated heterocycles. The fraction of sp³-hybridized carbons (Fsp3) is 0.342. The third-order valence-electron chi connectivity index (χ3n) is 9.61. The van der Waals surface area contributed by atoms with Gasteiger partial charge in [0.05, 0.1) is 28.4 Å². The molecule has 5 aromatic rings. The van der Waals surface area contributed by atoms with Gasteiger partial charge >= 0.3 is 5.97 Å². The number of nitrogens with zero attached hydrogens (tertiary/aromatic N) is 4. The number of carbonyl (C=O) groups excluding carboxylic acids is 1. The zero-order chi connectivity index (χ0) is 34.4. The van der Waals surface area contributed by atoms with Gasteiger partial charge in [0.2, 0.25) is 0 Å². The van der Waals surface area contributed by atoms with Crippen LogP contribution in [-0.4, -0.2) is 48.9 Å². The molecule has 1 aliphatic heterocycles. The molecule has 6 rings (SSSR count). The fourth-order valence-electron chi connectivity index (χ4n) is 7.00. The second-order valence-corrected chi connectivity index (χ2v) is 13.6. The topological polar surface area (TPSA) is 89.6 Å². The van der Waals surface area contributed by atoms with Crippen molar-refractivity contribution in [2.45, 2.75) is 73.0 Å². The zero-order valence-electron chi connectivity index (χ0n) is 28.2. The SMILES string of the molecule is Cc1cc(OCCCc2c3n(c4c(-c5c(C)nn(C)c5C)c(Cl)ccc24)CCC(C)N(Cc2ccc(C(=O)O)cc2)C3=O)cc(C)c1Cl. The Morgan fingerprint density at radius 2 is 1.71 bits per heavy atom. The van der Waals surface area contributed by atoms with Crippen molar-refractivity contribution in [1.29, 1.82) is 0 Å². The molecule has 0 fully saturated rings. The smallest absolute Gasteiger partial charge is 0.335 e. The number of hydrogen-bond acceptors (Lipinski definition) is 4. The first-order chi connectivity index (χ1) is 22.9. The average molecular weight is 688 g/mol. The molecule has 0 spiro atoms. The van der Waals surface area contributed by atoms with Crippen molar-refractivity contribution in [2.24, 2.45) is 7.05 Å². The molecule has 10 heteroatoms. The molecule has 48 heavy (non-hydrogen) atoms. The minimum atomic E-state index is -0.978. The van der Waals surface area contributed by atoms with E-state index in [1.54, 1.807) is 24.3 Å². The van der Waals surface area contributed by atoms with Crippen molar-refractivity contribution in [3.05, 3.63) is 103 Å². The van der Waals surface area contributed by atoms with E-state index in [2.05, 4.69) is 11.5 Å². The Morgan fingerprint density at radius 3 is 2.33 bits per heavy atom. The van der Waals surface area contributed by atoms with Crippen LogP contribution in [0, 0.1) is 27.7 Å². The van der Waals surface area contributed by atoms with E-state index in [0.717, 1.165) is 72.9 Å². The van der Waals surface area contributed by atoms with E-state index in [9.17, 15) is 14.7 Å². The van der Waals surface area contributed by atoms with Gasteiger partial charge in [-0.05, 0) is 106 Å². The first-order valence-electron chi connectivity index (χ1n) is 16.2. The van der Waals surface area contributed by atoms with Crippen LogP contribution < -0.4 is 4.74 Å². The average Bonchev–Trinajstić information content (AvgIpc) is 3.45. The van der Waals surface area contributed by atoms with Gasteiger partial charge in [-0.15, -0.1) is 0 Å². The van der Waals surface area contributed by atoms with Crippen LogP contribution in [0.25, 0.3) is 22.0 Å². The van der Waals surface area contributed by atoms with Crippen molar-refractivity contribution in [3.8, 4) is 16.9 Å². The van der Waals surface area contributed by atoms with Gasteiger partial charge in [0.25, 0.3) is 5.91 Å². The summed E-state index contributed by atoms with van der Waals surface area (Å²) in [5.41, 5.74) is 9.37. The second-order valence-electron chi connectivity index (χ2n) is 12.9. The van der Waals surface area contributed by atoms with E-state index in [4.69, 9.17) is 33.0 Å². The summed E-state index contributed by atoms with van der Waals surface area (Å²) in [5.74, 6) is -0.259. The Bertz CT molecular complexity index is 2040. The highest BCUT2D eigenvalue weighted by atomic mass is 35.5. The number of carboxylic acids is 1. The number of halogens is 2. The predicted molar refractivity (Wildman–Crippen MR) is 191 cm³/mol. The van der Waals surface area contributed by atoms with Crippen molar-refractivity contribution in [1.82, 2.24) is 19.2 Å². The predicted octanol–water partition coefficient (Wildman–Crippen LogP) is 8.73. The van der Waals surface area contributed by atoms with Crippen LogP contribution in [0.4, 0.5) is 0 Å². The third-order valence-corrected chi connectivity index (χ3v) is 10.5. The second kappa shape index (κ2) is 13.3. The lowest BCUT2D eigenvalue weighted by molar-refractivity contribution is 0.0671. The van der Waals surface area contributed by atoms with Crippen LogP contribution in [0.2, 0.25) is 10.0 Å². The molecule has 0 aliphatic carbocycles. The molecule has 250 valence electrons. The standard InChI is InChI=1S/C38H40Cl2N4O4/c1-21-18-28(19-22(2)34(21)40)48-17-7-8-29-30-13-14-31(39)33(32-24(4)41-42(6)25(32)5)35(30)43-16-15-23(3)44(37(45)36(29)43)20-26-9-11-27(12-10-26)38(46)47/h9-14,18-19,23H,7-8,15-17,20H2,1-6H3,(H,46,47). The number of carbonyl (C=O) groups is 2. The molecule has 1 atom stereocenters. The molecule has 1 unspecified atom stereocenters. The van der Waals surface area contributed by atoms with Crippen molar-refractivity contribution >= 4 is 46.0 Å². The minimum absolute atomic E-state index is 0.0522. The third kappa shape index (κ3) is 6.08. The van der Waals surface area contributed by atoms with Crippen LogP contribution in [0.1, 0.15) is 74.3 Å². The first-order valence-corrected chi connectivity index (χ1v) is 17.0. The maximum atomic E-state index is 14.8. The van der Waals surface area contributed by atoms with E-state index in [-0.39, 0.29) is 17.5 Å². The number of aromatic nitrogens is 3. The Hall–Kier alpha value is -4.27. The molecule has 8 nitrogen and oxygen atoms in total. The van der Waals surface area contributed by atoms with Gasteiger partial charge < -0.3 is 19.3 Å². The molecule has 0 saturated carbocycles. The van der Waals surface area contributed by atoms with Gasteiger partial charge in [0.1, 0.15) is 11.4 Å². The van der Waals surface area contributed by atoms with Crippen LogP contribution in [0.5, 0.6) is 5.75 Å². The molecule has 0 bridgehead atoms. The molecule has 3 aromatic carbocycles. The summed E-state index contributed by atoms with van der Waals surface area (Å²) in [5, 5.41) is 16.4. The van der Waals surface area contributed by atoms with Gasteiger partial charge in [0, 0.05) is 53.4 Å². The lowest BCUT2D eigenvalue weighted by atomic mass is 9.98. The van der Waals surface area contributed by atoms with Crippen molar-refractivity contribution in [2.75, 3.05) is 6.61 Å². The number of carboxylic acid groups (broad SMARTS) is 1. The Kier molecular flexibility index (Phi) is 9.33. The minimum Gasteiger partial charge on any atom is -0.494 e. The Balaban J connectivity index is 1.44. The molecule has 3 heterocycles. The maximum absolute atomic E-state index is 14.8. The van der Waals surface area contributed by atoms with Crippen LogP contribution in [0.15, 0.2) is 48.5 Å². The van der Waals surface area contributed by atoms with E-state index in [0.29, 0.717) is 43.3 Å². The molecule has 1 aliphatic rings. The number of benzene rings is 3. The van der Waals surface area contributed by atoms with Crippen molar-refractivity contribution in [3.63, 3.8) is 0 Å². The van der Waals surface area contributed by atoms with Gasteiger partial charge in [-0.25, -0.2) is 4.79 Å². The molecule has 1 N–H and O–H groups in total. The van der Waals surface area contributed by atoms with Crippen LogP contribution in [0.3, 0.4) is 0 Å². The van der Waals surface area contributed by atoms with Gasteiger partial charge in [-0.1, -0.05) is 41.4 Å². The lowest BCUT2D eigenvalue weighted by Gasteiger charge is -2.27. The van der Waals surface area contributed by atoms with Gasteiger partial charge in [-0.2, -0.15) is 5.10 Å². The Morgan fingerprint density at radius 1 is 1.02 bits per heavy atom.